The molecule has 3 rings (SSSR count). The van der Waals surface area contributed by atoms with Crippen LogP contribution < -0.4 is 10.6 Å². The van der Waals surface area contributed by atoms with E-state index in [0.29, 0.717) is 17.5 Å². The van der Waals surface area contributed by atoms with Crippen LogP contribution in [0.2, 0.25) is 0 Å². The second kappa shape index (κ2) is 10.7. The highest BCUT2D eigenvalue weighted by atomic mass is 32.2. The number of carbonyl (C=O) groups excluding carboxylic acids is 2. The number of hydrogen-bond donors (Lipinski definition) is 2. The minimum Gasteiger partial charge on any atom is -0.345 e. The van der Waals surface area contributed by atoms with E-state index in [1.807, 2.05) is 31.2 Å². The second-order valence-corrected chi connectivity index (χ2v) is 8.38. The van der Waals surface area contributed by atoms with Crippen LogP contribution in [0, 0.1) is 12.7 Å². The molecule has 0 radical (unpaired) electrons. The molecule has 0 aliphatic rings. The first-order chi connectivity index (χ1) is 15.4. The van der Waals surface area contributed by atoms with Gasteiger partial charge in [-0.05, 0) is 38.1 Å². The number of nitrogens with zero attached hydrogens (tertiary/aromatic N) is 3. The molecule has 2 aromatic carbocycles. The van der Waals surface area contributed by atoms with Gasteiger partial charge in [0.15, 0.2) is 11.0 Å². The second-order valence-electron chi connectivity index (χ2n) is 7.08. The summed E-state index contributed by atoms with van der Waals surface area (Å²) in [6.07, 6.45) is 1.67. The van der Waals surface area contributed by atoms with Crippen molar-refractivity contribution in [3.05, 3.63) is 84.0 Å². The van der Waals surface area contributed by atoms with Crippen LogP contribution in [0.3, 0.4) is 0 Å². The Bertz CT molecular complexity index is 1110. The lowest BCUT2D eigenvalue weighted by atomic mass is 10.2. The molecule has 1 heterocycles. The van der Waals surface area contributed by atoms with Crippen molar-refractivity contribution in [2.24, 2.45) is 0 Å². The SMILES string of the molecule is C=CCn1c(CNC(=O)c2ccccc2F)nnc1SC(C)C(=O)Nc1ccc(C)cc1. The van der Waals surface area contributed by atoms with Crippen molar-refractivity contribution in [2.45, 2.75) is 37.3 Å². The van der Waals surface area contributed by atoms with Gasteiger partial charge in [-0.1, -0.05) is 47.7 Å². The van der Waals surface area contributed by atoms with Crippen LogP contribution in [0.5, 0.6) is 0 Å². The number of anilines is 1. The quantitative estimate of drug-likeness (QED) is 0.378. The molecule has 166 valence electrons. The maximum atomic E-state index is 13.8. The number of nitrogens with one attached hydrogen (secondary N) is 2. The molecule has 0 aliphatic heterocycles. The fourth-order valence-electron chi connectivity index (χ4n) is 2.84. The van der Waals surface area contributed by atoms with E-state index in [1.165, 1.54) is 30.0 Å². The monoisotopic (exact) mass is 453 g/mol. The molecule has 2 amide bonds. The molecule has 0 bridgehead atoms. The lowest BCUT2D eigenvalue weighted by Gasteiger charge is -2.13. The number of aryl methyl sites for hydroxylation is 1. The summed E-state index contributed by atoms with van der Waals surface area (Å²) in [5.74, 6) is -0.830. The fourth-order valence-corrected chi connectivity index (χ4v) is 3.72. The Morgan fingerprint density at radius 3 is 2.59 bits per heavy atom. The van der Waals surface area contributed by atoms with Crippen LogP contribution in [-0.4, -0.2) is 31.8 Å². The van der Waals surface area contributed by atoms with E-state index in [0.717, 1.165) is 11.3 Å². The van der Waals surface area contributed by atoms with Crippen LogP contribution in [0.25, 0.3) is 0 Å². The Morgan fingerprint density at radius 2 is 1.91 bits per heavy atom. The number of hydrogen-bond acceptors (Lipinski definition) is 5. The molecule has 0 saturated heterocycles. The zero-order valence-corrected chi connectivity index (χ0v) is 18.7. The standard InChI is InChI=1S/C23H24FN5O2S/c1-4-13-29-20(14-25-22(31)18-7-5-6-8-19(18)24)27-28-23(29)32-16(3)21(30)26-17-11-9-15(2)10-12-17/h4-12,16H,1,13-14H2,2-3H3,(H,25,31)(H,26,30). The van der Waals surface area contributed by atoms with E-state index in [2.05, 4.69) is 27.4 Å². The highest BCUT2D eigenvalue weighted by molar-refractivity contribution is 8.00. The van der Waals surface area contributed by atoms with Crippen LogP contribution >= 0.6 is 11.8 Å². The minimum atomic E-state index is -0.595. The zero-order chi connectivity index (χ0) is 23.1. The Balaban J connectivity index is 1.66. The zero-order valence-electron chi connectivity index (χ0n) is 17.8. The van der Waals surface area contributed by atoms with Crippen molar-refractivity contribution in [1.29, 1.82) is 0 Å². The number of aromatic nitrogens is 3. The van der Waals surface area contributed by atoms with E-state index in [-0.39, 0.29) is 18.0 Å². The Kier molecular flexibility index (Phi) is 7.77. The predicted octanol–water partition coefficient (Wildman–Crippen LogP) is 3.96. The van der Waals surface area contributed by atoms with Gasteiger partial charge in [-0.2, -0.15) is 0 Å². The van der Waals surface area contributed by atoms with Gasteiger partial charge in [0.25, 0.3) is 5.91 Å². The van der Waals surface area contributed by atoms with Gasteiger partial charge in [-0.3, -0.25) is 9.59 Å². The molecule has 1 aromatic heterocycles. The van der Waals surface area contributed by atoms with Gasteiger partial charge in [-0.15, -0.1) is 16.8 Å². The van der Waals surface area contributed by atoms with Crippen LogP contribution in [0.4, 0.5) is 10.1 Å². The van der Waals surface area contributed by atoms with Crippen molar-refractivity contribution < 1.29 is 14.0 Å². The van der Waals surface area contributed by atoms with E-state index in [4.69, 9.17) is 0 Å². The van der Waals surface area contributed by atoms with E-state index in [9.17, 15) is 14.0 Å². The number of carbonyl (C=O) groups is 2. The van der Waals surface area contributed by atoms with Gasteiger partial charge in [0.05, 0.1) is 17.4 Å². The van der Waals surface area contributed by atoms with Crippen LogP contribution in [0.1, 0.15) is 28.7 Å². The predicted molar refractivity (Wildman–Crippen MR) is 123 cm³/mol. The molecular weight excluding hydrogens is 429 g/mol. The topological polar surface area (TPSA) is 88.9 Å². The van der Waals surface area contributed by atoms with Gasteiger partial charge in [0.2, 0.25) is 5.91 Å². The Labute approximate surface area is 190 Å². The maximum Gasteiger partial charge on any atom is 0.254 e. The first kappa shape index (κ1) is 23.2. The average Bonchev–Trinajstić information content (AvgIpc) is 3.15. The molecule has 1 unspecified atom stereocenters. The van der Waals surface area contributed by atoms with Gasteiger partial charge in [0.1, 0.15) is 5.82 Å². The van der Waals surface area contributed by atoms with E-state index >= 15 is 0 Å². The van der Waals surface area contributed by atoms with Crippen molar-refractivity contribution in [3.8, 4) is 0 Å². The average molecular weight is 454 g/mol. The molecular formula is C23H24FN5O2S. The van der Waals surface area contributed by atoms with Gasteiger partial charge >= 0.3 is 0 Å². The summed E-state index contributed by atoms with van der Waals surface area (Å²) in [5, 5.41) is 13.9. The normalized spacial score (nSPS) is 11.6. The van der Waals surface area contributed by atoms with E-state index < -0.39 is 17.0 Å². The van der Waals surface area contributed by atoms with Crippen LogP contribution in [-0.2, 0) is 17.9 Å². The molecule has 3 aromatic rings. The molecule has 0 fully saturated rings. The number of thioether (sulfide) groups is 1. The van der Waals surface area contributed by atoms with Crippen LogP contribution in [0.15, 0.2) is 66.3 Å². The summed E-state index contributed by atoms with van der Waals surface area (Å²) in [6.45, 7) is 7.95. The summed E-state index contributed by atoms with van der Waals surface area (Å²) in [5.41, 5.74) is 1.79. The third-order valence-corrected chi connectivity index (χ3v) is 5.68. The largest absolute Gasteiger partial charge is 0.345 e. The number of halogens is 1. The maximum absolute atomic E-state index is 13.8. The van der Waals surface area contributed by atoms with E-state index in [1.54, 1.807) is 23.6 Å². The Morgan fingerprint density at radius 1 is 1.19 bits per heavy atom. The summed E-state index contributed by atoms with van der Waals surface area (Å²) in [4.78, 5) is 24.9. The van der Waals surface area contributed by atoms with Gasteiger partial charge in [-0.25, -0.2) is 4.39 Å². The molecule has 1 atom stereocenters. The number of amides is 2. The summed E-state index contributed by atoms with van der Waals surface area (Å²) in [7, 11) is 0. The number of benzene rings is 2. The number of rotatable bonds is 9. The third kappa shape index (κ3) is 5.82. The minimum absolute atomic E-state index is 0.0433. The smallest absolute Gasteiger partial charge is 0.254 e. The number of allylic oxidation sites excluding steroid dienone is 1. The van der Waals surface area contributed by atoms with Gasteiger partial charge < -0.3 is 15.2 Å². The van der Waals surface area contributed by atoms with Crippen molar-refractivity contribution in [1.82, 2.24) is 20.1 Å². The highest BCUT2D eigenvalue weighted by Crippen LogP contribution is 2.24. The molecule has 0 aliphatic carbocycles. The lowest BCUT2D eigenvalue weighted by molar-refractivity contribution is -0.115. The molecule has 0 spiro atoms. The van der Waals surface area contributed by atoms with Crippen molar-refractivity contribution in [2.75, 3.05) is 5.32 Å². The van der Waals surface area contributed by atoms with Crippen molar-refractivity contribution in [3.63, 3.8) is 0 Å². The molecule has 2 N–H and O–H groups in total. The first-order valence-corrected chi connectivity index (χ1v) is 10.9. The summed E-state index contributed by atoms with van der Waals surface area (Å²) < 4.78 is 15.6. The third-order valence-electron chi connectivity index (χ3n) is 4.60. The molecule has 9 heteroatoms. The molecule has 32 heavy (non-hydrogen) atoms. The van der Waals surface area contributed by atoms with Crippen molar-refractivity contribution >= 4 is 29.3 Å². The first-order valence-electron chi connectivity index (χ1n) is 9.99. The van der Waals surface area contributed by atoms with Gasteiger partial charge in [0, 0.05) is 12.2 Å². The molecule has 0 saturated carbocycles. The Hall–Kier alpha value is -3.46. The highest BCUT2D eigenvalue weighted by Gasteiger charge is 2.20. The fraction of sp³-hybridized carbons (Fsp3) is 0.217. The lowest BCUT2D eigenvalue weighted by Crippen LogP contribution is -2.26. The molecule has 7 nitrogen and oxygen atoms in total. The summed E-state index contributed by atoms with van der Waals surface area (Å²) in [6, 6.07) is 13.3. The summed E-state index contributed by atoms with van der Waals surface area (Å²) >= 11 is 1.25.